The number of nitrogen functional groups attached to an aromatic ring is 1. The van der Waals surface area contributed by atoms with Crippen LogP contribution in [0.15, 0.2) is 0 Å². The Morgan fingerprint density at radius 1 is 1.14 bits per heavy atom. The molecule has 0 radical (unpaired) electrons. The second-order valence-electron chi connectivity index (χ2n) is 6.16. The van der Waals surface area contributed by atoms with Crippen LogP contribution in [-0.4, -0.2) is 34.6 Å². The first-order valence-corrected chi connectivity index (χ1v) is 8.15. The number of ether oxygens (including phenoxy) is 1. The lowest BCUT2D eigenvalue weighted by Gasteiger charge is -2.41. The Labute approximate surface area is 126 Å². The van der Waals surface area contributed by atoms with Gasteiger partial charge in [0.15, 0.2) is 0 Å². The van der Waals surface area contributed by atoms with Crippen molar-refractivity contribution in [1.29, 1.82) is 0 Å². The molecule has 0 amide bonds. The smallest absolute Gasteiger partial charge is 0.323 e. The predicted octanol–water partition coefficient (Wildman–Crippen LogP) is 2.26. The summed E-state index contributed by atoms with van der Waals surface area (Å²) in [4.78, 5) is 15.0. The van der Waals surface area contributed by atoms with Gasteiger partial charge in [-0.2, -0.15) is 15.0 Å². The minimum atomic E-state index is 0.247. The van der Waals surface area contributed by atoms with Gasteiger partial charge < -0.3 is 15.4 Å². The molecular weight excluding hydrogens is 266 g/mol. The molecule has 1 saturated heterocycles. The first kappa shape index (κ1) is 14.4. The third-order valence-corrected chi connectivity index (χ3v) is 4.63. The Bertz CT molecular complexity index is 481. The van der Waals surface area contributed by atoms with Crippen LogP contribution in [0.5, 0.6) is 6.01 Å². The first-order valence-electron chi connectivity index (χ1n) is 8.15. The third-order valence-electron chi connectivity index (χ3n) is 4.63. The summed E-state index contributed by atoms with van der Waals surface area (Å²) in [6.45, 7) is 4.71. The molecule has 2 unspecified atom stereocenters. The summed E-state index contributed by atoms with van der Waals surface area (Å²) >= 11 is 0. The molecule has 0 spiro atoms. The first-order chi connectivity index (χ1) is 10.3. The normalized spacial score (nSPS) is 25.5. The highest BCUT2D eigenvalue weighted by atomic mass is 16.5. The van der Waals surface area contributed by atoms with Crippen LogP contribution >= 0.6 is 0 Å². The van der Waals surface area contributed by atoms with Gasteiger partial charge in [0.1, 0.15) is 0 Å². The van der Waals surface area contributed by atoms with E-state index >= 15 is 0 Å². The summed E-state index contributed by atoms with van der Waals surface area (Å²) in [6, 6.07) is 0.352. The van der Waals surface area contributed by atoms with Gasteiger partial charge in [0, 0.05) is 13.1 Å². The van der Waals surface area contributed by atoms with Crippen molar-refractivity contribution in [3.05, 3.63) is 0 Å². The molecule has 2 N–H and O–H groups in total. The van der Waals surface area contributed by atoms with Crippen molar-refractivity contribution in [3.8, 4) is 6.01 Å². The highest BCUT2D eigenvalue weighted by molar-refractivity contribution is 5.36. The van der Waals surface area contributed by atoms with E-state index in [1.807, 2.05) is 0 Å². The number of nitrogens with two attached hydrogens (primary N) is 1. The highest BCUT2D eigenvalue weighted by Crippen LogP contribution is 2.37. The van der Waals surface area contributed by atoms with Crippen LogP contribution < -0.4 is 15.4 Å². The largest absolute Gasteiger partial charge is 0.463 e. The zero-order valence-electron chi connectivity index (χ0n) is 12.8. The minimum Gasteiger partial charge on any atom is -0.463 e. The number of piperidine rings is 1. The predicted molar refractivity (Wildman–Crippen MR) is 82.3 cm³/mol. The monoisotopic (exact) mass is 291 g/mol. The number of rotatable bonds is 4. The van der Waals surface area contributed by atoms with Gasteiger partial charge >= 0.3 is 6.01 Å². The minimum absolute atomic E-state index is 0.247. The van der Waals surface area contributed by atoms with Crippen LogP contribution in [0.25, 0.3) is 0 Å². The molecule has 0 bridgehead atoms. The van der Waals surface area contributed by atoms with Gasteiger partial charge in [-0.05, 0) is 31.1 Å². The average molecular weight is 291 g/mol. The van der Waals surface area contributed by atoms with E-state index in [0.29, 0.717) is 18.6 Å². The fraction of sp³-hybridized carbons (Fsp3) is 0.800. The fourth-order valence-electron chi connectivity index (χ4n) is 3.54. The van der Waals surface area contributed by atoms with Crippen molar-refractivity contribution in [2.75, 3.05) is 30.3 Å². The molecule has 2 aliphatic rings. The molecular formula is C15H25N5O. The maximum atomic E-state index is 5.80. The van der Waals surface area contributed by atoms with Crippen molar-refractivity contribution in [3.63, 3.8) is 0 Å². The van der Waals surface area contributed by atoms with E-state index in [9.17, 15) is 0 Å². The summed E-state index contributed by atoms with van der Waals surface area (Å²) in [5.74, 6) is 2.60. The lowest BCUT2D eigenvalue weighted by Crippen LogP contribution is -2.42. The van der Waals surface area contributed by atoms with Crippen LogP contribution in [0.1, 0.15) is 45.4 Å². The quantitative estimate of drug-likeness (QED) is 0.917. The van der Waals surface area contributed by atoms with Gasteiger partial charge in [-0.3, -0.25) is 0 Å². The lowest BCUT2D eigenvalue weighted by atomic mass is 9.75. The molecule has 1 saturated carbocycles. The summed E-state index contributed by atoms with van der Waals surface area (Å²) < 4.78 is 5.51. The van der Waals surface area contributed by atoms with E-state index < -0.39 is 0 Å². The summed E-state index contributed by atoms with van der Waals surface area (Å²) in [7, 11) is 0. The molecule has 2 atom stereocenters. The number of nitrogens with zero attached hydrogens (tertiary/aromatic N) is 4. The molecule has 1 aromatic heterocycles. The zero-order chi connectivity index (χ0) is 14.7. The highest BCUT2D eigenvalue weighted by Gasteiger charge is 2.32. The summed E-state index contributed by atoms with van der Waals surface area (Å²) in [6.07, 6.45) is 7.65. The van der Waals surface area contributed by atoms with Crippen LogP contribution in [0.2, 0.25) is 0 Å². The number of hydrogen-bond donors (Lipinski definition) is 1. The number of aromatic nitrogens is 3. The van der Waals surface area contributed by atoms with Crippen molar-refractivity contribution in [2.24, 2.45) is 11.8 Å². The van der Waals surface area contributed by atoms with Gasteiger partial charge in [0.2, 0.25) is 11.9 Å². The van der Waals surface area contributed by atoms with Crippen LogP contribution in [-0.2, 0) is 0 Å². The maximum Gasteiger partial charge on any atom is 0.323 e. The van der Waals surface area contributed by atoms with Crippen LogP contribution in [0, 0.1) is 11.8 Å². The van der Waals surface area contributed by atoms with E-state index in [1.54, 1.807) is 0 Å². The van der Waals surface area contributed by atoms with Gasteiger partial charge in [-0.1, -0.05) is 26.2 Å². The fourth-order valence-corrected chi connectivity index (χ4v) is 3.54. The van der Waals surface area contributed by atoms with E-state index in [4.69, 9.17) is 10.5 Å². The Hall–Kier alpha value is -1.59. The number of fused-ring (bicyclic) bond motifs is 1. The molecule has 1 aliphatic carbocycles. The Kier molecular flexibility index (Phi) is 4.41. The van der Waals surface area contributed by atoms with Crippen molar-refractivity contribution in [2.45, 2.75) is 45.4 Å². The Morgan fingerprint density at radius 3 is 2.76 bits per heavy atom. The van der Waals surface area contributed by atoms with Gasteiger partial charge in [-0.25, -0.2) is 0 Å². The molecule has 2 heterocycles. The summed E-state index contributed by atoms with van der Waals surface area (Å²) in [5.41, 5.74) is 5.80. The van der Waals surface area contributed by atoms with Crippen LogP contribution in [0.4, 0.5) is 11.9 Å². The van der Waals surface area contributed by atoms with Gasteiger partial charge in [0.25, 0.3) is 0 Å². The Morgan fingerprint density at radius 2 is 1.95 bits per heavy atom. The second-order valence-corrected chi connectivity index (χ2v) is 6.16. The van der Waals surface area contributed by atoms with E-state index in [0.717, 1.165) is 31.3 Å². The SMILES string of the molecule is CCCOc1nc(N)nc(N2CCC3CCCCC3C2)n1. The Balaban J connectivity index is 1.72. The third kappa shape index (κ3) is 3.36. The van der Waals surface area contributed by atoms with E-state index in [2.05, 4.69) is 26.8 Å². The number of hydrogen-bond acceptors (Lipinski definition) is 6. The molecule has 6 heteroatoms. The summed E-state index contributed by atoms with van der Waals surface area (Å²) in [5, 5.41) is 0. The molecule has 0 aromatic carbocycles. The van der Waals surface area contributed by atoms with E-state index in [-0.39, 0.29) is 5.95 Å². The maximum absolute atomic E-state index is 5.80. The zero-order valence-corrected chi connectivity index (χ0v) is 12.8. The van der Waals surface area contributed by atoms with Crippen molar-refractivity contribution >= 4 is 11.9 Å². The molecule has 2 fully saturated rings. The van der Waals surface area contributed by atoms with Gasteiger partial charge in [0.05, 0.1) is 6.61 Å². The number of anilines is 2. The second kappa shape index (κ2) is 6.45. The molecule has 1 aromatic rings. The molecule has 6 nitrogen and oxygen atoms in total. The molecule has 116 valence electrons. The van der Waals surface area contributed by atoms with Crippen molar-refractivity contribution in [1.82, 2.24) is 15.0 Å². The molecule has 21 heavy (non-hydrogen) atoms. The lowest BCUT2D eigenvalue weighted by molar-refractivity contribution is 0.201. The standard InChI is InChI=1S/C15H25N5O/c1-2-9-21-15-18-13(16)17-14(19-15)20-8-7-11-5-3-4-6-12(11)10-20/h11-12H,2-10H2,1H3,(H2,16,17,18,19). The van der Waals surface area contributed by atoms with E-state index in [1.165, 1.54) is 32.1 Å². The van der Waals surface area contributed by atoms with Gasteiger partial charge in [-0.15, -0.1) is 0 Å². The topological polar surface area (TPSA) is 77.2 Å². The van der Waals surface area contributed by atoms with Crippen molar-refractivity contribution < 1.29 is 4.74 Å². The van der Waals surface area contributed by atoms with Crippen LogP contribution in [0.3, 0.4) is 0 Å². The molecule has 1 aliphatic heterocycles. The molecule has 3 rings (SSSR count). The average Bonchev–Trinajstić information content (AvgIpc) is 2.52.